The van der Waals surface area contributed by atoms with Gasteiger partial charge in [0.05, 0.1) is 16.4 Å². The SMILES string of the molecule is Cc1cc(C)c(-[n+]2cn(-c3cccc(Oc4ccc5c6ccc7oc8ccccc8c7c6n(-c6cc(C(C)(C)C)ccn6)c5c4)c3)c3ccccc32)c(C)c1. The molecule has 10 rings (SSSR count). The Morgan fingerprint density at radius 1 is 0.655 bits per heavy atom. The molecule has 0 amide bonds. The maximum Gasteiger partial charge on any atom is 0.255 e. The molecule has 0 radical (unpaired) electrons. The average molecular weight is 718 g/mol. The summed E-state index contributed by atoms with van der Waals surface area (Å²) in [4.78, 5) is 4.98. The van der Waals surface area contributed by atoms with Crippen molar-refractivity contribution in [3.05, 3.63) is 162 Å². The van der Waals surface area contributed by atoms with Crippen molar-refractivity contribution < 1.29 is 13.7 Å². The number of aryl methyl sites for hydroxylation is 3. The van der Waals surface area contributed by atoms with Crippen molar-refractivity contribution in [1.29, 1.82) is 0 Å². The smallest absolute Gasteiger partial charge is 0.255 e. The largest absolute Gasteiger partial charge is 0.457 e. The summed E-state index contributed by atoms with van der Waals surface area (Å²) in [6.07, 6.45) is 4.11. The number of furan rings is 1. The minimum absolute atomic E-state index is 0.0461. The molecule has 0 N–H and O–H groups in total. The standard InChI is InChI=1S/C49H41N4O2/c1-30-24-31(2)47(32(3)25-30)52-29-51(40-15-8-9-16-41(40)52)34-12-11-13-35(27-34)54-36-18-19-37-38-20-21-44-46(39-14-7-10-17-43(39)55-44)48(38)53(42(37)28-36)45-26-33(22-23-50-45)49(4,5)6/h7-29H,1-6H3/q+1. The van der Waals surface area contributed by atoms with E-state index in [1.54, 1.807) is 0 Å². The fourth-order valence-electron chi connectivity index (χ4n) is 8.48. The highest BCUT2D eigenvalue weighted by Crippen LogP contribution is 2.42. The lowest BCUT2D eigenvalue weighted by molar-refractivity contribution is -0.568. The predicted molar refractivity (Wildman–Crippen MR) is 224 cm³/mol. The van der Waals surface area contributed by atoms with Gasteiger partial charge >= 0.3 is 0 Å². The predicted octanol–water partition coefficient (Wildman–Crippen LogP) is 12.3. The molecule has 10 aromatic rings. The fourth-order valence-corrected chi connectivity index (χ4v) is 8.48. The van der Waals surface area contributed by atoms with Gasteiger partial charge in [-0.2, -0.15) is 9.13 Å². The number of hydrogen-bond acceptors (Lipinski definition) is 3. The zero-order chi connectivity index (χ0) is 37.6. The minimum atomic E-state index is -0.0461. The van der Waals surface area contributed by atoms with Gasteiger partial charge in [-0.05, 0) is 110 Å². The van der Waals surface area contributed by atoms with Crippen LogP contribution in [0.5, 0.6) is 11.5 Å². The molecule has 0 saturated heterocycles. The second kappa shape index (κ2) is 12.2. The van der Waals surface area contributed by atoms with Crippen LogP contribution in [0.15, 0.2) is 144 Å². The van der Waals surface area contributed by atoms with Crippen LogP contribution in [0, 0.1) is 20.8 Å². The highest BCUT2D eigenvalue weighted by molar-refractivity contribution is 6.24. The summed E-state index contributed by atoms with van der Waals surface area (Å²) in [5.41, 5.74) is 13.2. The molecule has 0 unspecified atom stereocenters. The van der Waals surface area contributed by atoms with Gasteiger partial charge in [-0.3, -0.25) is 4.57 Å². The van der Waals surface area contributed by atoms with E-state index in [1.165, 1.54) is 27.9 Å². The average Bonchev–Trinajstić information content (AvgIpc) is 3.84. The van der Waals surface area contributed by atoms with Gasteiger partial charge in [-0.25, -0.2) is 4.98 Å². The highest BCUT2D eigenvalue weighted by Gasteiger charge is 2.24. The van der Waals surface area contributed by atoms with Crippen LogP contribution in [-0.4, -0.2) is 14.1 Å². The van der Waals surface area contributed by atoms with Gasteiger partial charge in [-0.15, -0.1) is 0 Å². The molecule has 0 aliphatic heterocycles. The Balaban J connectivity index is 1.13. The number of rotatable bonds is 5. The number of benzene rings is 6. The van der Waals surface area contributed by atoms with Crippen molar-refractivity contribution in [3.8, 4) is 28.7 Å². The number of pyridine rings is 1. The van der Waals surface area contributed by atoms with E-state index in [1.807, 2.05) is 24.4 Å². The molecule has 0 fully saturated rings. The van der Waals surface area contributed by atoms with Crippen LogP contribution in [0.1, 0.15) is 43.0 Å². The molecule has 0 saturated carbocycles. The molecule has 0 spiro atoms. The zero-order valence-corrected chi connectivity index (χ0v) is 31.9. The van der Waals surface area contributed by atoms with Crippen LogP contribution >= 0.6 is 0 Å². The Morgan fingerprint density at radius 2 is 1.42 bits per heavy atom. The van der Waals surface area contributed by atoms with Crippen molar-refractivity contribution >= 4 is 54.8 Å². The number of fused-ring (bicyclic) bond motifs is 8. The molecule has 4 heterocycles. The third kappa shape index (κ3) is 5.31. The van der Waals surface area contributed by atoms with E-state index in [9.17, 15) is 0 Å². The lowest BCUT2D eigenvalue weighted by Gasteiger charge is -2.20. The Morgan fingerprint density at radius 3 is 2.25 bits per heavy atom. The number of imidazole rings is 1. The third-order valence-electron chi connectivity index (χ3n) is 10.9. The monoisotopic (exact) mass is 717 g/mol. The number of ether oxygens (including phenoxy) is 1. The van der Waals surface area contributed by atoms with E-state index in [0.29, 0.717) is 0 Å². The maximum atomic E-state index is 6.74. The number of para-hydroxylation sites is 3. The maximum absolute atomic E-state index is 6.74. The fraction of sp³-hybridized carbons (Fsp3) is 0.143. The van der Waals surface area contributed by atoms with Gasteiger partial charge in [0.2, 0.25) is 0 Å². The number of nitrogens with zero attached hydrogens (tertiary/aromatic N) is 4. The van der Waals surface area contributed by atoms with E-state index >= 15 is 0 Å². The summed E-state index contributed by atoms with van der Waals surface area (Å²) in [6, 6.07) is 44.6. The van der Waals surface area contributed by atoms with Gasteiger partial charge in [0.25, 0.3) is 6.33 Å². The topological polar surface area (TPSA) is 49.0 Å². The molecule has 6 heteroatoms. The van der Waals surface area contributed by atoms with Crippen LogP contribution in [-0.2, 0) is 5.41 Å². The molecular formula is C49H41N4O2+. The van der Waals surface area contributed by atoms with E-state index in [2.05, 4.69) is 171 Å². The van der Waals surface area contributed by atoms with Crippen molar-refractivity contribution in [1.82, 2.24) is 14.1 Å². The zero-order valence-electron chi connectivity index (χ0n) is 31.9. The lowest BCUT2D eigenvalue weighted by Crippen LogP contribution is -2.31. The molecule has 268 valence electrons. The summed E-state index contributed by atoms with van der Waals surface area (Å²) >= 11 is 0. The second-order valence-corrected chi connectivity index (χ2v) is 15.8. The summed E-state index contributed by atoms with van der Waals surface area (Å²) in [7, 11) is 0. The van der Waals surface area contributed by atoms with E-state index < -0.39 is 0 Å². The molecular weight excluding hydrogens is 677 g/mol. The molecule has 0 bridgehead atoms. The summed E-state index contributed by atoms with van der Waals surface area (Å²) < 4.78 is 20.0. The van der Waals surface area contributed by atoms with Crippen LogP contribution in [0.25, 0.3) is 72.0 Å². The van der Waals surface area contributed by atoms with Gasteiger partial charge in [-0.1, -0.05) is 74.9 Å². The first-order valence-electron chi connectivity index (χ1n) is 18.9. The molecule has 6 aromatic carbocycles. The summed E-state index contributed by atoms with van der Waals surface area (Å²) in [5, 5.41) is 4.42. The molecule has 0 aliphatic carbocycles. The normalized spacial score (nSPS) is 12.2. The molecule has 4 aromatic heterocycles. The molecule has 55 heavy (non-hydrogen) atoms. The number of aromatic nitrogens is 4. The van der Waals surface area contributed by atoms with Gasteiger partial charge in [0.15, 0.2) is 11.0 Å². The van der Waals surface area contributed by atoms with Crippen molar-refractivity contribution in [2.45, 2.75) is 47.0 Å². The Kier molecular flexibility index (Phi) is 7.30. The Labute approximate surface area is 319 Å². The van der Waals surface area contributed by atoms with Crippen molar-refractivity contribution in [3.63, 3.8) is 0 Å². The first-order chi connectivity index (χ1) is 26.6. The lowest BCUT2D eigenvalue weighted by atomic mass is 9.88. The van der Waals surface area contributed by atoms with Crippen LogP contribution in [0.4, 0.5) is 0 Å². The van der Waals surface area contributed by atoms with Crippen LogP contribution < -0.4 is 9.30 Å². The van der Waals surface area contributed by atoms with Gasteiger partial charge < -0.3 is 9.15 Å². The van der Waals surface area contributed by atoms with Crippen molar-refractivity contribution in [2.75, 3.05) is 0 Å². The molecule has 0 aliphatic rings. The van der Waals surface area contributed by atoms with Crippen molar-refractivity contribution in [2.24, 2.45) is 0 Å². The molecule has 6 nitrogen and oxygen atoms in total. The van der Waals surface area contributed by atoms with Crippen LogP contribution in [0.2, 0.25) is 0 Å². The second-order valence-electron chi connectivity index (χ2n) is 15.8. The van der Waals surface area contributed by atoms with E-state index in [4.69, 9.17) is 14.1 Å². The highest BCUT2D eigenvalue weighted by atomic mass is 16.5. The minimum Gasteiger partial charge on any atom is -0.457 e. The summed E-state index contributed by atoms with van der Waals surface area (Å²) in [5.74, 6) is 2.35. The van der Waals surface area contributed by atoms with E-state index in [0.717, 1.165) is 77.8 Å². The van der Waals surface area contributed by atoms with Gasteiger partial charge in [0.1, 0.15) is 39.9 Å². The van der Waals surface area contributed by atoms with Gasteiger partial charge in [0, 0.05) is 34.5 Å². The van der Waals surface area contributed by atoms with Crippen LogP contribution in [0.3, 0.4) is 0 Å². The molecule has 0 atom stereocenters. The Bertz CT molecular complexity index is 3130. The quantitative estimate of drug-likeness (QED) is 0.167. The first-order valence-corrected chi connectivity index (χ1v) is 18.9. The third-order valence-corrected chi connectivity index (χ3v) is 10.9. The Hall–Kier alpha value is -6.66. The number of hydrogen-bond donors (Lipinski definition) is 0. The first kappa shape index (κ1) is 32.9. The van der Waals surface area contributed by atoms with E-state index in [-0.39, 0.29) is 5.41 Å². The summed E-state index contributed by atoms with van der Waals surface area (Å²) in [6.45, 7) is 13.2.